The van der Waals surface area contributed by atoms with Crippen molar-refractivity contribution in [3.63, 3.8) is 0 Å². The molecule has 0 radical (unpaired) electrons. The summed E-state index contributed by atoms with van der Waals surface area (Å²) in [6.45, 7) is 4.58. The van der Waals surface area contributed by atoms with Crippen LogP contribution in [-0.2, 0) is 6.42 Å². The molecule has 1 aliphatic carbocycles. The van der Waals surface area contributed by atoms with Crippen molar-refractivity contribution in [1.82, 2.24) is 9.97 Å². The highest BCUT2D eigenvalue weighted by atomic mass is 79.9. The van der Waals surface area contributed by atoms with Crippen LogP contribution in [0.3, 0.4) is 0 Å². The third-order valence-corrected chi connectivity index (χ3v) is 5.94. The fraction of sp³-hybridized carbons (Fsp3) is 0.400. The fourth-order valence-corrected chi connectivity index (χ4v) is 3.61. The SMILES string of the molecule is CC1(C)[C@@H](O)C[C@H]1Nc1nc(NCCc2ccc(C#N)c(Br)c2)ncc1C#N. The van der Waals surface area contributed by atoms with Gasteiger partial charge in [0.15, 0.2) is 0 Å². The van der Waals surface area contributed by atoms with Crippen LogP contribution in [0.1, 0.15) is 37.0 Å². The summed E-state index contributed by atoms with van der Waals surface area (Å²) < 4.78 is 0.777. The highest BCUT2D eigenvalue weighted by molar-refractivity contribution is 9.10. The minimum atomic E-state index is -0.360. The second kappa shape index (κ2) is 8.14. The molecule has 1 aromatic heterocycles. The third-order valence-electron chi connectivity index (χ3n) is 5.29. The first-order valence-corrected chi connectivity index (χ1v) is 9.78. The van der Waals surface area contributed by atoms with Crippen LogP contribution in [0.2, 0.25) is 0 Å². The molecular formula is C20H21BrN6O. The molecule has 1 heterocycles. The first kappa shape index (κ1) is 20.1. The predicted octanol–water partition coefficient (Wildman–Crippen LogP) is 3.21. The molecule has 0 unspecified atom stereocenters. The number of aromatic nitrogens is 2. The number of nitrogens with one attached hydrogen (secondary N) is 2. The Morgan fingerprint density at radius 3 is 2.64 bits per heavy atom. The van der Waals surface area contributed by atoms with Crippen LogP contribution in [-0.4, -0.2) is 33.8 Å². The van der Waals surface area contributed by atoms with Gasteiger partial charge in [-0.2, -0.15) is 15.5 Å². The molecule has 8 heteroatoms. The summed E-state index contributed by atoms with van der Waals surface area (Å²) in [5, 5.41) is 34.7. The van der Waals surface area contributed by atoms with E-state index in [4.69, 9.17) is 5.26 Å². The summed E-state index contributed by atoms with van der Waals surface area (Å²) in [5.41, 5.74) is 1.79. The lowest BCUT2D eigenvalue weighted by Gasteiger charge is -2.49. The van der Waals surface area contributed by atoms with Crippen molar-refractivity contribution >= 4 is 27.7 Å². The molecule has 1 saturated carbocycles. The predicted molar refractivity (Wildman–Crippen MR) is 110 cm³/mol. The van der Waals surface area contributed by atoms with Gasteiger partial charge in [-0.1, -0.05) is 19.9 Å². The Morgan fingerprint density at radius 2 is 2.04 bits per heavy atom. The number of hydrogen-bond acceptors (Lipinski definition) is 7. The molecule has 2 aromatic rings. The van der Waals surface area contributed by atoms with E-state index in [1.807, 2.05) is 26.0 Å². The van der Waals surface area contributed by atoms with Gasteiger partial charge < -0.3 is 15.7 Å². The molecule has 0 amide bonds. The average Bonchev–Trinajstić information content (AvgIpc) is 2.68. The van der Waals surface area contributed by atoms with Crippen molar-refractivity contribution in [2.45, 2.75) is 38.8 Å². The molecule has 3 N–H and O–H groups in total. The molecule has 0 saturated heterocycles. The Kier molecular flexibility index (Phi) is 5.83. The number of aliphatic hydroxyl groups excluding tert-OH is 1. The molecule has 1 aliphatic rings. The average molecular weight is 441 g/mol. The maximum absolute atomic E-state index is 9.91. The Bertz CT molecular complexity index is 962. The minimum Gasteiger partial charge on any atom is -0.392 e. The summed E-state index contributed by atoms with van der Waals surface area (Å²) in [7, 11) is 0. The van der Waals surface area contributed by atoms with Gasteiger partial charge in [0.25, 0.3) is 0 Å². The van der Waals surface area contributed by atoms with Gasteiger partial charge in [0.05, 0.1) is 17.9 Å². The number of halogens is 1. The van der Waals surface area contributed by atoms with Gasteiger partial charge in [0.2, 0.25) is 5.95 Å². The highest BCUT2D eigenvalue weighted by Gasteiger charge is 2.47. The first-order valence-electron chi connectivity index (χ1n) is 8.99. The summed E-state index contributed by atoms with van der Waals surface area (Å²) in [5.74, 6) is 0.915. The molecule has 7 nitrogen and oxygen atoms in total. The summed E-state index contributed by atoms with van der Waals surface area (Å²) in [6.07, 6.45) is 2.50. The maximum atomic E-state index is 9.91. The van der Waals surface area contributed by atoms with Crippen molar-refractivity contribution in [1.29, 1.82) is 10.5 Å². The zero-order chi connectivity index (χ0) is 20.3. The van der Waals surface area contributed by atoms with Crippen molar-refractivity contribution in [3.8, 4) is 12.1 Å². The number of aliphatic hydroxyl groups is 1. The molecule has 0 bridgehead atoms. The highest BCUT2D eigenvalue weighted by Crippen LogP contribution is 2.42. The fourth-order valence-electron chi connectivity index (χ4n) is 3.09. The number of benzene rings is 1. The number of nitrogens with zero attached hydrogens (tertiary/aromatic N) is 4. The molecule has 0 spiro atoms. The van der Waals surface area contributed by atoms with Crippen LogP contribution in [0.15, 0.2) is 28.9 Å². The van der Waals surface area contributed by atoms with E-state index in [0.29, 0.717) is 35.9 Å². The number of hydrogen-bond donors (Lipinski definition) is 3. The molecule has 1 aromatic carbocycles. The Labute approximate surface area is 172 Å². The second-order valence-corrected chi connectivity index (χ2v) is 8.29. The number of nitriles is 2. The molecule has 28 heavy (non-hydrogen) atoms. The van der Waals surface area contributed by atoms with E-state index in [-0.39, 0.29) is 17.6 Å². The van der Waals surface area contributed by atoms with Crippen LogP contribution in [0.25, 0.3) is 0 Å². The van der Waals surface area contributed by atoms with E-state index in [0.717, 1.165) is 16.5 Å². The Hall–Kier alpha value is -2.68. The van der Waals surface area contributed by atoms with E-state index in [2.05, 4.69) is 48.7 Å². The van der Waals surface area contributed by atoms with Gasteiger partial charge in [-0.3, -0.25) is 0 Å². The van der Waals surface area contributed by atoms with Crippen LogP contribution >= 0.6 is 15.9 Å². The van der Waals surface area contributed by atoms with Crippen LogP contribution in [0, 0.1) is 28.1 Å². The van der Waals surface area contributed by atoms with E-state index < -0.39 is 0 Å². The molecule has 0 aliphatic heterocycles. The normalized spacial score (nSPS) is 19.8. The molecule has 2 atom stereocenters. The van der Waals surface area contributed by atoms with Crippen LogP contribution in [0.4, 0.5) is 11.8 Å². The lowest BCUT2D eigenvalue weighted by molar-refractivity contribution is -0.0511. The van der Waals surface area contributed by atoms with E-state index in [1.54, 1.807) is 6.07 Å². The maximum Gasteiger partial charge on any atom is 0.224 e. The lowest BCUT2D eigenvalue weighted by atomic mass is 9.64. The third kappa shape index (κ3) is 4.09. The summed E-state index contributed by atoms with van der Waals surface area (Å²) in [4.78, 5) is 8.64. The zero-order valence-electron chi connectivity index (χ0n) is 15.7. The molecule has 3 rings (SSSR count). The number of rotatable bonds is 6. The largest absolute Gasteiger partial charge is 0.392 e. The topological polar surface area (TPSA) is 118 Å². The summed E-state index contributed by atoms with van der Waals surface area (Å²) >= 11 is 3.39. The van der Waals surface area contributed by atoms with E-state index >= 15 is 0 Å². The van der Waals surface area contributed by atoms with Crippen molar-refractivity contribution in [2.24, 2.45) is 5.41 Å². The van der Waals surface area contributed by atoms with Gasteiger partial charge >= 0.3 is 0 Å². The first-order chi connectivity index (χ1) is 13.3. The molecule has 1 fully saturated rings. The molecular weight excluding hydrogens is 420 g/mol. The van der Waals surface area contributed by atoms with E-state index in [1.165, 1.54) is 6.20 Å². The standard InChI is InChI=1S/C20H21BrN6O/c1-20(2)16(8-17(20)28)26-18-14(10-23)11-25-19(27-18)24-6-5-12-3-4-13(9-22)15(21)7-12/h3-4,7,11,16-17,28H,5-6,8H2,1-2H3,(H2,24,25,26,27)/t16-,17+/m1/s1. The smallest absolute Gasteiger partial charge is 0.224 e. The Morgan fingerprint density at radius 1 is 1.29 bits per heavy atom. The summed E-state index contributed by atoms with van der Waals surface area (Å²) in [6, 6.07) is 9.91. The van der Waals surface area contributed by atoms with Gasteiger partial charge in [-0.25, -0.2) is 4.98 Å². The zero-order valence-corrected chi connectivity index (χ0v) is 17.3. The van der Waals surface area contributed by atoms with Gasteiger partial charge in [0.1, 0.15) is 23.5 Å². The monoisotopic (exact) mass is 440 g/mol. The van der Waals surface area contributed by atoms with Crippen LogP contribution in [0.5, 0.6) is 0 Å². The second-order valence-electron chi connectivity index (χ2n) is 7.44. The molecule has 144 valence electrons. The van der Waals surface area contributed by atoms with Crippen molar-refractivity contribution in [2.75, 3.05) is 17.2 Å². The van der Waals surface area contributed by atoms with Crippen molar-refractivity contribution < 1.29 is 5.11 Å². The van der Waals surface area contributed by atoms with Crippen molar-refractivity contribution in [3.05, 3.63) is 45.6 Å². The van der Waals surface area contributed by atoms with Gasteiger partial charge in [-0.05, 0) is 46.5 Å². The van der Waals surface area contributed by atoms with Gasteiger partial charge in [0, 0.05) is 22.5 Å². The quantitative estimate of drug-likeness (QED) is 0.630. The minimum absolute atomic E-state index is 0.0494. The van der Waals surface area contributed by atoms with Crippen LogP contribution < -0.4 is 10.6 Å². The number of anilines is 2. The van der Waals surface area contributed by atoms with Gasteiger partial charge in [-0.15, -0.1) is 0 Å². The Balaban J connectivity index is 1.64. The lowest BCUT2D eigenvalue weighted by Crippen LogP contribution is -2.57. The van der Waals surface area contributed by atoms with E-state index in [9.17, 15) is 10.4 Å².